The van der Waals surface area contributed by atoms with Gasteiger partial charge in [0.05, 0.1) is 0 Å². The van der Waals surface area contributed by atoms with Gasteiger partial charge in [0.2, 0.25) is 0 Å². The molecule has 0 aliphatic heterocycles. The van der Waals surface area contributed by atoms with E-state index in [2.05, 4.69) is 66.0 Å². The second-order valence-corrected chi connectivity index (χ2v) is 5.16. The van der Waals surface area contributed by atoms with Gasteiger partial charge in [0.15, 0.2) is 0 Å². The highest BCUT2D eigenvalue weighted by atomic mass is 32.2. The number of benzene rings is 2. The third-order valence-electron chi connectivity index (χ3n) is 2.58. The Morgan fingerprint density at radius 1 is 0.941 bits per heavy atom. The number of rotatable bonds is 5. The molecule has 88 valence electrons. The fourth-order valence-corrected chi connectivity index (χ4v) is 2.93. The Labute approximate surface area is 107 Å². The minimum atomic E-state index is 0.462. The van der Waals surface area contributed by atoms with Crippen LogP contribution in [0.15, 0.2) is 65.6 Å². The van der Waals surface area contributed by atoms with Gasteiger partial charge in [0.25, 0.3) is 0 Å². The highest BCUT2D eigenvalue weighted by molar-refractivity contribution is 7.99. The Balaban J connectivity index is 2.13. The maximum Gasteiger partial charge on any atom is 0.0468 e. The zero-order chi connectivity index (χ0) is 11.9. The number of nitrogens with one attached hydrogen (secondary N) is 1. The summed E-state index contributed by atoms with van der Waals surface area (Å²) in [6, 6.07) is 21.2. The fourth-order valence-electron chi connectivity index (χ4n) is 1.74. The van der Waals surface area contributed by atoms with Gasteiger partial charge < -0.3 is 5.32 Å². The van der Waals surface area contributed by atoms with Crippen LogP contribution in [-0.4, -0.2) is 13.6 Å². The van der Waals surface area contributed by atoms with Crippen molar-refractivity contribution in [2.24, 2.45) is 0 Å². The first kappa shape index (κ1) is 12.2. The zero-order valence-electron chi connectivity index (χ0n) is 9.97. The van der Waals surface area contributed by atoms with Gasteiger partial charge in [-0.15, -0.1) is 11.8 Å². The molecule has 2 rings (SSSR count). The topological polar surface area (TPSA) is 12.0 Å². The molecule has 0 aliphatic rings. The first-order valence-corrected chi connectivity index (χ1v) is 6.69. The monoisotopic (exact) mass is 243 g/mol. The molecule has 0 aromatic heterocycles. The second-order valence-electron chi connectivity index (χ2n) is 3.89. The first-order chi connectivity index (χ1) is 8.40. The van der Waals surface area contributed by atoms with Crippen molar-refractivity contribution in [1.29, 1.82) is 0 Å². The van der Waals surface area contributed by atoms with E-state index in [-0.39, 0.29) is 0 Å². The van der Waals surface area contributed by atoms with E-state index in [1.807, 2.05) is 18.8 Å². The van der Waals surface area contributed by atoms with Gasteiger partial charge in [-0.1, -0.05) is 48.5 Å². The molecule has 0 fully saturated rings. The van der Waals surface area contributed by atoms with E-state index in [1.165, 1.54) is 10.5 Å². The quantitative estimate of drug-likeness (QED) is 0.803. The average molecular weight is 243 g/mol. The maximum absolute atomic E-state index is 3.27. The van der Waals surface area contributed by atoms with Gasteiger partial charge in [0, 0.05) is 16.7 Å². The molecule has 0 heterocycles. The molecular weight excluding hydrogens is 226 g/mol. The molecule has 0 amide bonds. The number of hydrogen-bond acceptors (Lipinski definition) is 2. The minimum absolute atomic E-state index is 0.462. The summed E-state index contributed by atoms with van der Waals surface area (Å²) in [6.45, 7) is 0.976. The Morgan fingerprint density at radius 3 is 2.12 bits per heavy atom. The van der Waals surface area contributed by atoms with Crippen LogP contribution in [0.25, 0.3) is 0 Å². The van der Waals surface area contributed by atoms with E-state index in [0.29, 0.717) is 5.25 Å². The molecule has 1 N–H and O–H groups in total. The van der Waals surface area contributed by atoms with E-state index in [9.17, 15) is 0 Å². The summed E-state index contributed by atoms with van der Waals surface area (Å²) >= 11 is 1.90. The van der Waals surface area contributed by atoms with E-state index in [0.717, 1.165) is 6.54 Å². The minimum Gasteiger partial charge on any atom is -0.318 e. The predicted molar refractivity (Wildman–Crippen MR) is 75.4 cm³/mol. The SMILES string of the molecule is CNCC(Sc1ccccc1)c1ccccc1. The fraction of sp³-hybridized carbons (Fsp3) is 0.200. The molecule has 2 aromatic carbocycles. The molecule has 17 heavy (non-hydrogen) atoms. The van der Waals surface area contributed by atoms with Crippen LogP contribution in [-0.2, 0) is 0 Å². The Morgan fingerprint density at radius 2 is 1.53 bits per heavy atom. The van der Waals surface area contributed by atoms with Gasteiger partial charge in [-0.25, -0.2) is 0 Å². The standard InChI is InChI=1S/C15H17NS/c1-16-12-15(13-8-4-2-5-9-13)17-14-10-6-3-7-11-14/h2-11,15-16H,12H2,1H3. The largest absolute Gasteiger partial charge is 0.318 e. The van der Waals surface area contributed by atoms with Crippen molar-refractivity contribution in [3.8, 4) is 0 Å². The third-order valence-corrected chi connectivity index (χ3v) is 3.85. The summed E-state index contributed by atoms with van der Waals surface area (Å²) in [4.78, 5) is 1.32. The van der Waals surface area contributed by atoms with Crippen LogP contribution in [0.1, 0.15) is 10.8 Å². The highest BCUT2D eigenvalue weighted by Crippen LogP contribution is 2.34. The first-order valence-electron chi connectivity index (χ1n) is 5.81. The van der Waals surface area contributed by atoms with E-state index in [4.69, 9.17) is 0 Å². The Bertz CT molecular complexity index is 427. The van der Waals surface area contributed by atoms with Gasteiger partial charge in [0.1, 0.15) is 0 Å². The summed E-state index contributed by atoms with van der Waals surface area (Å²) in [5, 5.41) is 3.73. The lowest BCUT2D eigenvalue weighted by molar-refractivity contribution is 0.778. The van der Waals surface area contributed by atoms with Crippen LogP contribution < -0.4 is 5.32 Å². The van der Waals surface area contributed by atoms with Crippen molar-refractivity contribution in [2.45, 2.75) is 10.1 Å². The molecular formula is C15H17NS. The number of thioether (sulfide) groups is 1. The summed E-state index contributed by atoms with van der Waals surface area (Å²) in [5.41, 5.74) is 1.37. The predicted octanol–water partition coefficient (Wildman–Crippen LogP) is 3.74. The lowest BCUT2D eigenvalue weighted by Gasteiger charge is -2.16. The normalized spacial score (nSPS) is 12.3. The molecule has 2 heteroatoms. The smallest absolute Gasteiger partial charge is 0.0468 e. The molecule has 1 unspecified atom stereocenters. The lowest BCUT2D eigenvalue weighted by atomic mass is 10.1. The zero-order valence-corrected chi connectivity index (χ0v) is 10.8. The molecule has 1 atom stereocenters. The Hall–Kier alpha value is -1.25. The highest BCUT2D eigenvalue weighted by Gasteiger charge is 2.11. The van der Waals surface area contributed by atoms with Gasteiger partial charge >= 0.3 is 0 Å². The van der Waals surface area contributed by atoms with Crippen molar-refractivity contribution in [3.05, 3.63) is 66.2 Å². The van der Waals surface area contributed by atoms with Crippen LogP contribution in [0.2, 0.25) is 0 Å². The molecule has 0 saturated carbocycles. The van der Waals surface area contributed by atoms with Crippen molar-refractivity contribution in [1.82, 2.24) is 5.32 Å². The summed E-state index contributed by atoms with van der Waals surface area (Å²) in [5.74, 6) is 0. The van der Waals surface area contributed by atoms with Gasteiger partial charge in [-0.2, -0.15) is 0 Å². The number of likely N-dealkylation sites (N-methyl/N-ethyl adjacent to an activating group) is 1. The average Bonchev–Trinajstić information content (AvgIpc) is 2.40. The summed E-state index contributed by atoms with van der Waals surface area (Å²) < 4.78 is 0. The van der Waals surface area contributed by atoms with Crippen LogP contribution in [0, 0.1) is 0 Å². The second kappa shape index (κ2) is 6.48. The van der Waals surface area contributed by atoms with E-state index < -0.39 is 0 Å². The Kier molecular flexibility index (Phi) is 4.65. The summed E-state index contributed by atoms with van der Waals surface area (Å²) in [6.07, 6.45) is 0. The van der Waals surface area contributed by atoms with Crippen molar-refractivity contribution >= 4 is 11.8 Å². The summed E-state index contributed by atoms with van der Waals surface area (Å²) in [7, 11) is 2.00. The van der Waals surface area contributed by atoms with E-state index >= 15 is 0 Å². The van der Waals surface area contributed by atoms with Crippen molar-refractivity contribution < 1.29 is 0 Å². The lowest BCUT2D eigenvalue weighted by Crippen LogP contribution is -2.14. The number of hydrogen-bond donors (Lipinski definition) is 1. The molecule has 0 spiro atoms. The van der Waals surface area contributed by atoms with Gasteiger partial charge in [-0.3, -0.25) is 0 Å². The molecule has 2 aromatic rings. The third kappa shape index (κ3) is 3.62. The molecule has 0 aliphatic carbocycles. The van der Waals surface area contributed by atoms with Crippen LogP contribution in [0.3, 0.4) is 0 Å². The van der Waals surface area contributed by atoms with Crippen LogP contribution in [0.4, 0.5) is 0 Å². The van der Waals surface area contributed by atoms with Gasteiger partial charge in [-0.05, 0) is 24.7 Å². The van der Waals surface area contributed by atoms with E-state index in [1.54, 1.807) is 0 Å². The van der Waals surface area contributed by atoms with Crippen molar-refractivity contribution in [3.63, 3.8) is 0 Å². The molecule has 0 bridgehead atoms. The molecule has 0 saturated heterocycles. The maximum atomic E-state index is 3.27. The van der Waals surface area contributed by atoms with Crippen LogP contribution in [0.5, 0.6) is 0 Å². The van der Waals surface area contributed by atoms with Crippen LogP contribution >= 0.6 is 11.8 Å². The van der Waals surface area contributed by atoms with Crippen molar-refractivity contribution in [2.75, 3.05) is 13.6 Å². The molecule has 0 radical (unpaired) electrons. The molecule has 1 nitrogen and oxygen atoms in total.